The molecule has 1 aliphatic rings. The van der Waals surface area contributed by atoms with Gasteiger partial charge < -0.3 is 19.5 Å². The van der Waals surface area contributed by atoms with Gasteiger partial charge in [-0.05, 0) is 28.9 Å². The molecule has 0 aromatic carbocycles. The van der Waals surface area contributed by atoms with Crippen molar-refractivity contribution in [1.29, 1.82) is 0 Å². The second-order valence-corrected chi connectivity index (χ2v) is 9.59. The van der Waals surface area contributed by atoms with Gasteiger partial charge in [0.1, 0.15) is 18.3 Å². The fraction of sp³-hybridized carbons (Fsp3) is 0.538. The Balaban J connectivity index is 2.29. The number of aliphatic hydroxyl groups excluding tert-OH is 2. The molecule has 9 nitrogen and oxygen atoms in total. The predicted octanol–water partition coefficient (Wildman–Crippen LogP) is 1.18. The molecule has 0 saturated carbocycles. The molecule has 140 valence electrons. The fourth-order valence-corrected chi connectivity index (χ4v) is 2.97. The van der Waals surface area contributed by atoms with E-state index >= 15 is 0 Å². The first-order chi connectivity index (χ1) is 11.6. The quantitative estimate of drug-likeness (QED) is 0.595. The minimum absolute atomic E-state index is 0.178. The number of aromatic amines is 1. The van der Waals surface area contributed by atoms with Crippen LogP contribution in [0.1, 0.15) is 25.1 Å². The fourth-order valence-electron chi connectivity index (χ4n) is 2.31. The molecule has 12 heteroatoms. The number of aliphatic hydroxyl groups is 2. The number of rotatable bonds is 6. The summed E-state index contributed by atoms with van der Waals surface area (Å²) in [5, 5.41) is 20.1. The van der Waals surface area contributed by atoms with E-state index in [0.29, 0.717) is 6.42 Å². The van der Waals surface area contributed by atoms with Crippen LogP contribution in [0.3, 0.4) is 0 Å². The summed E-state index contributed by atoms with van der Waals surface area (Å²) in [4.78, 5) is 25.9. The van der Waals surface area contributed by atoms with Gasteiger partial charge in [0.15, 0.2) is 6.23 Å². The van der Waals surface area contributed by atoms with Crippen LogP contribution in [0, 0.1) is 0 Å². The third-order valence-corrected chi connectivity index (χ3v) is 4.56. The van der Waals surface area contributed by atoms with Crippen LogP contribution in [0.2, 0.25) is 0 Å². The molecule has 1 saturated heterocycles. The smallest absolute Gasteiger partial charge is 0.380 e. The molecule has 2 heterocycles. The molecule has 25 heavy (non-hydrogen) atoms. The first-order valence-corrected chi connectivity index (χ1v) is 10.7. The van der Waals surface area contributed by atoms with E-state index in [1.165, 1.54) is 12.3 Å². The second kappa shape index (κ2) is 8.18. The molecule has 0 spiro atoms. The highest BCUT2D eigenvalue weighted by atomic mass is 35.9. The molecule has 2 rings (SSSR count). The van der Waals surface area contributed by atoms with Crippen molar-refractivity contribution in [2.45, 2.75) is 37.9 Å². The number of H-pyrrole nitrogens is 1. The van der Waals surface area contributed by atoms with E-state index < -0.39 is 48.5 Å². The molecule has 0 aliphatic carbocycles. The number of halogens is 2. The van der Waals surface area contributed by atoms with Crippen LogP contribution >= 0.6 is 28.6 Å². The van der Waals surface area contributed by atoms with Gasteiger partial charge in [-0.2, -0.15) is 0 Å². The second-order valence-electron chi connectivity index (χ2n) is 5.32. The normalized spacial score (nSPS) is 27.2. The molecule has 1 fully saturated rings. The minimum Gasteiger partial charge on any atom is -0.387 e. The van der Waals surface area contributed by atoms with Crippen molar-refractivity contribution in [2.75, 3.05) is 6.61 Å². The van der Waals surface area contributed by atoms with Crippen LogP contribution in [0.4, 0.5) is 0 Å². The van der Waals surface area contributed by atoms with Gasteiger partial charge in [-0.3, -0.25) is 18.9 Å². The van der Waals surface area contributed by atoms with E-state index in [4.69, 9.17) is 27.2 Å². The van der Waals surface area contributed by atoms with Crippen LogP contribution in [-0.4, -0.2) is 44.7 Å². The SMILES string of the molecule is CC/C=C/c1cn([C@@H]2O[C@H](COP(=O)(Cl)Cl)C(O)[C@@H]2O)c(=O)[nH]c1=O. The minimum atomic E-state index is -3.85. The Kier molecular flexibility index (Phi) is 6.67. The average molecular weight is 415 g/mol. The van der Waals surface area contributed by atoms with E-state index in [0.717, 1.165) is 4.57 Å². The highest BCUT2D eigenvalue weighted by Crippen LogP contribution is 2.57. The molecule has 0 radical (unpaired) electrons. The first kappa shape index (κ1) is 20.4. The number of ether oxygens (including phenoxy) is 1. The van der Waals surface area contributed by atoms with E-state index in [-0.39, 0.29) is 5.56 Å². The Labute approximate surface area is 151 Å². The lowest BCUT2D eigenvalue weighted by Crippen LogP contribution is -2.38. The molecule has 0 amide bonds. The van der Waals surface area contributed by atoms with E-state index in [1.54, 1.807) is 6.08 Å². The lowest BCUT2D eigenvalue weighted by Gasteiger charge is -2.17. The Morgan fingerprint density at radius 3 is 2.68 bits per heavy atom. The maximum Gasteiger partial charge on any atom is 0.380 e. The third-order valence-electron chi connectivity index (χ3n) is 3.53. The van der Waals surface area contributed by atoms with Crippen LogP contribution < -0.4 is 11.2 Å². The number of nitrogens with one attached hydrogen (secondary N) is 1. The molecule has 1 aromatic heterocycles. The predicted molar refractivity (Wildman–Crippen MR) is 91.8 cm³/mol. The molecule has 1 aliphatic heterocycles. The number of aromatic nitrogens is 2. The van der Waals surface area contributed by atoms with Gasteiger partial charge >= 0.3 is 11.8 Å². The maximum atomic E-state index is 12.0. The molecule has 1 aromatic rings. The molecular formula is C13H17Cl2N2O7P. The van der Waals surface area contributed by atoms with Gasteiger partial charge in [0.2, 0.25) is 0 Å². The van der Waals surface area contributed by atoms with Gasteiger partial charge in [-0.1, -0.05) is 19.1 Å². The van der Waals surface area contributed by atoms with Crippen LogP contribution in [0.5, 0.6) is 0 Å². The maximum absolute atomic E-state index is 12.0. The van der Waals surface area contributed by atoms with Crippen molar-refractivity contribution >= 4 is 34.6 Å². The Hall–Kier alpha value is -0.930. The average Bonchev–Trinajstić information content (AvgIpc) is 2.80. The summed E-state index contributed by atoms with van der Waals surface area (Å²) in [5.74, 6) is 0. The summed E-state index contributed by atoms with van der Waals surface area (Å²) >= 11 is 10.5. The van der Waals surface area contributed by atoms with Crippen molar-refractivity contribution in [3.8, 4) is 0 Å². The largest absolute Gasteiger partial charge is 0.387 e. The topological polar surface area (TPSA) is 131 Å². The van der Waals surface area contributed by atoms with Crippen molar-refractivity contribution in [3.63, 3.8) is 0 Å². The Bertz CT molecular complexity index is 802. The van der Waals surface area contributed by atoms with Crippen molar-refractivity contribution < 1.29 is 24.0 Å². The third kappa shape index (κ3) is 5.04. The Morgan fingerprint density at radius 1 is 1.40 bits per heavy atom. The standard InChI is InChI=1S/C13H17Cl2N2O7P/c1-2-3-4-7-5-17(13(21)16-11(7)20)12-10(19)9(18)8(24-12)6-23-25(14,15)22/h3-5,8-10,12,18-19H,2,6H2,1H3,(H,16,20,21)/b4-3+/t8-,9?,10+,12-/m1/s1. The summed E-state index contributed by atoms with van der Waals surface area (Å²) in [6.45, 7) is 1.41. The van der Waals surface area contributed by atoms with Crippen molar-refractivity contribution in [2.24, 2.45) is 0 Å². The molecule has 1 unspecified atom stereocenters. The monoisotopic (exact) mass is 414 g/mol. The summed E-state index contributed by atoms with van der Waals surface area (Å²) in [5.41, 5.74) is -1.24. The van der Waals surface area contributed by atoms with Gasteiger partial charge in [-0.15, -0.1) is 0 Å². The van der Waals surface area contributed by atoms with Crippen LogP contribution in [0.25, 0.3) is 6.08 Å². The summed E-state index contributed by atoms with van der Waals surface area (Å²) in [6.07, 6.45) is -4.07. The van der Waals surface area contributed by atoms with Crippen LogP contribution in [0.15, 0.2) is 21.9 Å². The number of allylic oxidation sites excluding steroid dienone is 1. The molecule has 0 bridgehead atoms. The van der Waals surface area contributed by atoms with E-state index in [1.807, 2.05) is 6.92 Å². The Morgan fingerprint density at radius 2 is 2.08 bits per heavy atom. The van der Waals surface area contributed by atoms with Gasteiger partial charge in [0.05, 0.1) is 12.2 Å². The highest BCUT2D eigenvalue weighted by molar-refractivity contribution is 8.05. The lowest BCUT2D eigenvalue weighted by atomic mass is 10.1. The van der Waals surface area contributed by atoms with Gasteiger partial charge in [0, 0.05) is 6.20 Å². The first-order valence-electron chi connectivity index (χ1n) is 7.31. The van der Waals surface area contributed by atoms with E-state index in [2.05, 4.69) is 9.51 Å². The van der Waals surface area contributed by atoms with Crippen molar-refractivity contribution in [1.82, 2.24) is 9.55 Å². The summed E-state index contributed by atoms with van der Waals surface area (Å²) in [7, 11) is 0. The number of hydrogen-bond acceptors (Lipinski definition) is 7. The molecule has 3 N–H and O–H groups in total. The summed E-state index contributed by atoms with van der Waals surface area (Å²) < 4.78 is 22.2. The zero-order chi connectivity index (χ0) is 18.8. The zero-order valence-corrected chi connectivity index (χ0v) is 15.4. The molecular weight excluding hydrogens is 398 g/mol. The molecule has 4 atom stereocenters. The van der Waals surface area contributed by atoms with Gasteiger partial charge in [-0.25, -0.2) is 4.79 Å². The number of hydrogen-bond donors (Lipinski definition) is 3. The highest BCUT2D eigenvalue weighted by Gasteiger charge is 2.45. The zero-order valence-electron chi connectivity index (χ0n) is 13.0. The lowest BCUT2D eigenvalue weighted by molar-refractivity contribution is -0.0507. The van der Waals surface area contributed by atoms with Crippen LogP contribution in [-0.2, 0) is 13.8 Å². The van der Waals surface area contributed by atoms with Crippen molar-refractivity contribution in [3.05, 3.63) is 38.7 Å². The van der Waals surface area contributed by atoms with Gasteiger partial charge in [0.25, 0.3) is 5.56 Å². The number of nitrogens with zero attached hydrogens (tertiary/aromatic N) is 1. The summed E-state index contributed by atoms with van der Waals surface area (Å²) in [6, 6.07) is 0. The van der Waals surface area contributed by atoms with E-state index in [9.17, 15) is 24.4 Å².